The number of ether oxygens (including phenoxy) is 1. The molecule has 2 nitrogen and oxygen atoms in total. The number of rotatable bonds is 2. The van der Waals surface area contributed by atoms with E-state index in [0.717, 1.165) is 13.2 Å². The monoisotopic (exact) mass is 301 g/mol. The Morgan fingerprint density at radius 2 is 2.31 bits per heavy atom. The molecule has 2 aliphatic rings. The van der Waals surface area contributed by atoms with E-state index < -0.39 is 0 Å². The first-order valence-electron chi connectivity index (χ1n) is 5.87. The van der Waals surface area contributed by atoms with Crippen LogP contribution >= 0.6 is 27.3 Å². The molecular weight excluding hydrogens is 286 g/mol. The first-order valence-corrected chi connectivity index (χ1v) is 7.54. The molecule has 16 heavy (non-hydrogen) atoms. The van der Waals surface area contributed by atoms with Crippen LogP contribution in [0.15, 0.2) is 15.9 Å². The SMILES string of the molecule is Brc1csc(C2(C3CCCCN3)COC2)c1. The third-order valence-corrected chi connectivity index (χ3v) is 5.67. The lowest BCUT2D eigenvalue weighted by Gasteiger charge is -2.48. The smallest absolute Gasteiger partial charge is 0.0667 e. The maximum absolute atomic E-state index is 5.51. The number of halogens is 1. The van der Waals surface area contributed by atoms with Gasteiger partial charge in [0.25, 0.3) is 0 Å². The van der Waals surface area contributed by atoms with Crippen LogP contribution in [0.25, 0.3) is 0 Å². The number of piperidine rings is 1. The Hall–Kier alpha value is 0.1000. The third-order valence-electron chi connectivity index (χ3n) is 3.75. The van der Waals surface area contributed by atoms with Crippen molar-refractivity contribution in [2.75, 3.05) is 19.8 Å². The van der Waals surface area contributed by atoms with Crippen molar-refractivity contribution in [1.29, 1.82) is 0 Å². The zero-order chi connectivity index (χ0) is 11.0. The molecule has 2 fully saturated rings. The summed E-state index contributed by atoms with van der Waals surface area (Å²) in [4.78, 5) is 1.48. The van der Waals surface area contributed by atoms with E-state index in [9.17, 15) is 0 Å². The summed E-state index contributed by atoms with van der Waals surface area (Å²) in [5, 5.41) is 5.86. The van der Waals surface area contributed by atoms with Gasteiger partial charge >= 0.3 is 0 Å². The highest BCUT2D eigenvalue weighted by Gasteiger charge is 2.48. The molecule has 1 aromatic heterocycles. The minimum atomic E-state index is 0.261. The molecule has 0 radical (unpaired) electrons. The van der Waals surface area contributed by atoms with Crippen LogP contribution in [0.5, 0.6) is 0 Å². The first kappa shape index (κ1) is 11.2. The molecule has 1 unspecified atom stereocenters. The van der Waals surface area contributed by atoms with Crippen LogP contribution in [0, 0.1) is 0 Å². The number of nitrogens with one attached hydrogen (secondary N) is 1. The zero-order valence-corrected chi connectivity index (χ0v) is 11.6. The van der Waals surface area contributed by atoms with Crippen molar-refractivity contribution >= 4 is 27.3 Å². The van der Waals surface area contributed by atoms with Crippen LogP contribution in [-0.4, -0.2) is 25.8 Å². The molecule has 0 saturated carbocycles. The predicted octanol–water partition coefficient (Wildman–Crippen LogP) is 2.92. The maximum Gasteiger partial charge on any atom is 0.0667 e. The molecule has 2 saturated heterocycles. The second kappa shape index (κ2) is 4.41. The van der Waals surface area contributed by atoms with Gasteiger partial charge in [0.05, 0.1) is 18.6 Å². The molecule has 0 aliphatic carbocycles. The van der Waals surface area contributed by atoms with Crippen LogP contribution in [0.4, 0.5) is 0 Å². The summed E-state index contributed by atoms with van der Waals surface area (Å²) in [5.74, 6) is 0. The third kappa shape index (κ3) is 1.76. The molecular formula is C12H16BrNOS. The van der Waals surface area contributed by atoms with Gasteiger partial charge in [0.15, 0.2) is 0 Å². The summed E-state index contributed by atoms with van der Waals surface area (Å²) in [6.07, 6.45) is 3.96. The molecule has 1 N–H and O–H groups in total. The molecule has 4 heteroatoms. The molecule has 0 bridgehead atoms. The molecule has 2 aliphatic heterocycles. The Labute approximate surface area is 109 Å². The van der Waals surface area contributed by atoms with Gasteiger partial charge in [-0.05, 0) is 41.4 Å². The van der Waals surface area contributed by atoms with Crippen molar-refractivity contribution in [1.82, 2.24) is 5.32 Å². The van der Waals surface area contributed by atoms with E-state index in [0.29, 0.717) is 6.04 Å². The topological polar surface area (TPSA) is 21.3 Å². The highest BCUT2D eigenvalue weighted by Crippen LogP contribution is 2.42. The molecule has 0 spiro atoms. The Bertz CT molecular complexity index is 369. The molecule has 1 aromatic rings. The fourth-order valence-corrected chi connectivity index (χ4v) is 4.39. The highest BCUT2D eigenvalue weighted by molar-refractivity contribution is 9.10. The van der Waals surface area contributed by atoms with Crippen LogP contribution < -0.4 is 5.32 Å². The van der Waals surface area contributed by atoms with E-state index in [1.54, 1.807) is 0 Å². The van der Waals surface area contributed by atoms with Gasteiger partial charge < -0.3 is 10.1 Å². The van der Waals surface area contributed by atoms with Crippen molar-refractivity contribution in [3.8, 4) is 0 Å². The van der Waals surface area contributed by atoms with Gasteiger partial charge in [-0.1, -0.05) is 6.42 Å². The fourth-order valence-electron chi connectivity index (χ4n) is 2.73. The first-order chi connectivity index (χ1) is 7.81. The normalized spacial score (nSPS) is 28.7. The number of thiophene rings is 1. The lowest BCUT2D eigenvalue weighted by atomic mass is 9.74. The predicted molar refractivity (Wildman–Crippen MR) is 70.2 cm³/mol. The molecule has 0 amide bonds. The maximum atomic E-state index is 5.51. The molecule has 3 heterocycles. The van der Waals surface area contributed by atoms with E-state index >= 15 is 0 Å². The lowest BCUT2D eigenvalue weighted by Crippen LogP contribution is -2.61. The summed E-state index contributed by atoms with van der Waals surface area (Å²) in [7, 11) is 0. The van der Waals surface area contributed by atoms with Crippen molar-refractivity contribution in [2.45, 2.75) is 30.7 Å². The summed E-state index contributed by atoms with van der Waals surface area (Å²) in [6.45, 7) is 2.94. The average Bonchev–Trinajstić information content (AvgIpc) is 2.65. The lowest BCUT2D eigenvalue weighted by molar-refractivity contribution is -0.0808. The summed E-state index contributed by atoms with van der Waals surface area (Å²) >= 11 is 5.41. The van der Waals surface area contributed by atoms with E-state index in [4.69, 9.17) is 4.74 Å². The van der Waals surface area contributed by atoms with Gasteiger partial charge in [-0.15, -0.1) is 11.3 Å². The Kier molecular flexibility index (Phi) is 3.09. The van der Waals surface area contributed by atoms with Gasteiger partial charge in [-0.25, -0.2) is 0 Å². The Balaban J connectivity index is 1.87. The quantitative estimate of drug-likeness (QED) is 0.907. The van der Waals surface area contributed by atoms with Gasteiger partial charge in [0, 0.05) is 20.8 Å². The summed E-state index contributed by atoms with van der Waals surface area (Å²) in [5.41, 5.74) is 0.261. The van der Waals surface area contributed by atoms with E-state index in [1.165, 1.54) is 35.2 Å². The van der Waals surface area contributed by atoms with E-state index in [2.05, 4.69) is 32.7 Å². The largest absolute Gasteiger partial charge is 0.379 e. The van der Waals surface area contributed by atoms with Crippen LogP contribution in [0.3, 0.4) is 0 Å². The zero-order valence-electron chi connectivity index (χ0n) is 9.17. The van der Waals surface area contributed by atoms with Crippen LogP contribution in [0.1, 0.15) is 24.1 Å². The van der Waals surface area contributed by atoms with E-state index in [-0.39, 0.29) is 5.41 Å². The minimum Gasteiger partial charge on any atom is -0.379 e. The van der Waals surface area contributed by atoms with Crippen LogP contribution in [-0.2, 0) is 10.2 Å². The van der Waals surface area contributed by atoms with Crippen molar-refractivity contribution in [3.05, 3.63) is 20.8 Å². The number of hydrogen-bond donors (Lipinski definition) is 1. The minimum absolute atomic E-state index is 0.261. The molecule has 3 rings (SSSR count). The molecule has 88 valence electrons. The molecule has 1 atom stereocenters. The van der Waals surface area contributed by atoms with Crippen molar-refractivity contribution < 1.29 is 4.74 Å². The van der Waals surface area contributed by atoms with Gasteiger partial charge in [-0.2, -0.15) is 0 Å². The second-order valence-electron chi connectivity index (χ2n) is 4.78. The summed E-state index contributed by atoms with van der Waals surface area (Å²) in [6, 6.07) is 2.88. The van der Waals surface area contributed by atoms with Crippen LogP contribution in [0.2, 0.25) is 0 Å². The standard InChI is InChI=1S/C12H16BrNOS/c13-9-5-11(16-6-9)12(7-15-8-12)10-3-1-2-4-14-10/h5-6,10,14H,1-4,7-8H2. The number of hydrogen-bond acceptors (Lipinski definition) is 3. The fraction of sp³-hybridized carbons (Fsp3) is 0.667. The van der Waals surface area contributed by atoms with Crippen molar-refractivity contribution in [3.63, 3.8) is 0 Å². The molecule has 0 aromatic carbocycles. The highest BCUT2D eigenvalue weighted by atomic mass is 79.9. The van der Waals surface area contributed by atoms with E-state index in [1.807, 2.05) is 11.3 Å². The van der Waals surface area contributed by atoms with Gasteiger partial charge in [-0.3, -0.25) is 0 Å². The average molecular weight is 302 g/mol. The van der Waals surface area contributed by atoms with Gasteiger partial charge in [0.1, 0.15) is 0 Å². The summed E-state index contributed by atoms with van der Waals surface area (Å²) < 4.78 is 6.71. The Morgan fingerprint density at radius 3 is 2.81 bits per heavy atom. The van der Waals surface area contributed by atoms with Crippen molar-refractivity contribution in [2.24, 2.45) is 0 Å². The Morgan fingerprint density at radius 1 is 1.44 bits per heavy atom. The second-order valence-corrected chi connectivity index (χ2v) is 6.61. The van der Waals surface area contributed by atoms with Gasteiger partial charge in [0.2, 0.25) is 0 Å².